The van der Waals surface area contributed by atoms with Gasteiger partial charge in [0, 0.05) is 58.6 Å². The summed E-state index contributed by atoms with van der Waals surface area (Å²) in [7, 11) is 0. The predicted octanol–water partition coefficient (Wildman–Crippen LogP) is 13.2. The Balaban J connectivity index is 1.20. The first-order valence-electron chi connectivity index (χ1n) is 21.0. The fraction of sp³-hybridized carbons (Fsp3) is 0.105. The largest absolute Gasteiger partial charge is 0.263 e. The summed E-state index contributed by atoms with van der Waals surface area (Å²) in [6.07, 6.45) is 10.9. The summed E-state index contributed by atoms with van der Waals surface area (Å²) in [6.45, 7) is 11.1. The fourth-order valence-corrected chi connectivity index (χ4v) is 10.2. The molecule has 3 aromatic heterocycles. The smallest absolute Gasteiger partial charge is 0.213 e. The lowest BCUT2D eigenvalue weighted by molar-refractivity contribution is -0.739. The maximum Gasteiger partial charge on any atom is 0.213 e. The van der Waals surface area contributed by atoms with Gasteiger partial charge < -0.3 is 0 Å². The van der Waals surface area contributed by atoms with E-state index >= 15 is 0 Å². The van der Waals surface area contributed by atoms with Crippen LogP contribution in [0.1, 0.15) is 45.8 Å². The van der Waals surface area contributed by atoms with E-state index in [1.165, 1.54) is 89.1 Å². The van der Waals surface area contributed by atoms with Gasteiger partial charge in [0.25, 0.3) is 0 Å². The predicted molar refractivity (Wildman–Crippen MR) is 246 cm³/mol. The van der Waals surface area contributed by atoms with E-state index in [-0.39, 0.29) is 18.0 Å². The van der Waals surface area contributed by atoms with Crippen molar-refractivity contribution in [3.8, 4) is 67.0 Å². The molecule has 0 aliphatic carbocycles. The van der Waals surface area contributed by atoms with E-state index in [2.05, 4.69) is 219 Å². The van der Waals surface area contributed by atoms with Crippen LogP contribution in [-0.4, -0.2) is 4.98 Å². The average Bonchev–Trinajstić information content (AvgIpc) is 3.41. The molecule has 3 atom stereocenters. The van der Waals surface area contributed by atoms with Gasteiger partial charge in [-0.1, -0.05) is 133 Å². The van der Waals surface area contributed by atoms with E-state index in [1.807, 2.05) is 6.20 Å². The van der Waals surface area contributed by atoms with Gasteiger partial charge >= 0.3 is 0 Å². The molecule has 0 spiro atoms. The highest BCUT2D eigenvalue weighted by atomic mass is 15.1. The van der Waals surface area contributed by atoms with E-state index in [0.29, 0.717) is 0 Å². The molecule has 0 saturated carbocycles. The SMILES string of the molecule is C=CC1C2c3ccccc3-c3cc(C)cc[n+]3C2c2ccc(-c3ccc(-c4ccc(C)cc4-c4ccccc4)c4cncc(-c5ccccc5)c34)cc2-c2cc(C)cc[n+]21. The number of nitrogens with zero attached hydrogens (tertiary/aromatic N) is 3. The summed E-state index contributed by atoms with van der Waals surface area (Å²) in [4.78, 5) is 4.95. The van der Waals surface area contributed by atoms with Crippen molar-refractivity contribution in [1.29, 1.82) is 0 Å². The molecule has 0 saturated heterocycles. The summed E-state index contributed by atoms with van der Waals surface area (Å²) in [5.41, 5.74) is 20.8. The van der Waals surface area contributed by atoms with Gasteiger partial charge in [0.1, 0.15) is 5.92 Å². The van der Waals surface area contributed by atoms with Gasteiger partial charge in [-0.2, -0.15) is 9.13 Å². The van der Waals surface area contributed by atoms with Crippen molar-refractivity contribution in [3.63, 3.8) is 0 Å². The summed E-state index contributed by atoms with van der Waals surface area (Å²) in [5.74, 6) is 0.127. The first-order chi connectivity index (χ1) is 29.5. The van der Waals surface area contributed by atoms with Crippen LogP contribution in [0.15, 0.2) is 195 Å². The molecular formula is C57H45N3+2. The summed E-state index contributed by atoms with van der Waals surface area (Å²) in [5, 5.41) is 2.33. The van der Waals surface area contributed by atoms with Gasteiger partial charge in [0.15, 0.2) is 24.5 Å². The highest BCUT2D eigenvalue weighted by Gasteiger charge is 2.51. The fourth-order valence-electron chi connectivity index (χ4n) is 10.2. The topological polar surface area (TPSA) is 20.6 Å². The molecule has 0 amide bonds. The van der Waals surface area contributed by atoms with Crippen LogP contribution in [0.25, 0.3) is 77.8 Å². The zero-order chi connectivity index (χ0) is 40.5. The molecule has 3 nitrogen and oxygen atoms in total. The zero-order valence-corrected chi connectivity index (χ0v) is 34.2. The number of benzene rings is 6. The number of aryl methyl sites for hydroxylation is 3. The van der Waals surface area contributed by atoms with E-state index < -0.39 is 0 Å². The normalized spacial score (nSPS) is 16.1. The van der Waals surface area contributed by atoms with Crippen LogP contribution < -0.4 is 9.13 Å². The molecule has 0 fully saturated rings. The Kier molecular flexibility index (Phi) is 8.53. The van der Waals surface area contributed by atoms with Crippen molar-refractivity contribution in [2.45, 2.75) is 38.8 Å². The number of rotatable bonds is 5. The van der Waals surface area contributed by atoms with Gasteiger partial charge in [-0.15, -0.1) is 0 Å². The molecular weight excluding hydrogens is 727 g/mol. The second-order valence-electron chi connectivity index (χ2n) is 16.6. The molecule has 0 N–H and O–H groups in total. The van der Waals surface area contributed by atoms with Crippen molar-refractivity contribution in [2.75, 3.05) is 0 Å². The van der Waals surface area contributed by atoms with Crippen LogP contribution in [-0.2, 0) is 0 Å². The zero-order valence-electron chi connectivity index (χ0n) is 34.2. The quantitative estimate of drug-likeness (QED) is 0.126. The third kappa shape index (κ3) is 5.68. The van der Waals surface area contributed by atoms with Crippen LogP contribution in [0.4, 0.5) is 0 Å². The number of hydrogen-bond acceptors (Lipinski definition) is 1. The minimum absolute atomic E-state index is 0.0220. The Morgan fingerprint density at radius 2 is 1.10 bits per heavy atom. The molecule has 3 unspecified atom stereocenters. The maximum atomic E-state index is 4.95. The summed E-state index contributed by atoms with van der Waals surface area (Å²) < 4.78 is 5.01. The number of hydrogen-bond donors (Lipinski definition) is 0. The van der Waals surface area contributed by atoms with E-state index in [4.69, 9.17) is 4.98 Å². The first-order valence-corrected chi connectivity index (χ1v) is 21.0. The number of aromatic nitrogens is 3. The Hall–Kier alpha value is -7.23. The van der Waals surface area contributed by atoms with Crippen LogP contribution in [0.3, 0.4) is 0 Å². The third-order valence-corrected chi connectivity index (χ3v) is 13.0. The monoisotopic (exact) mass is 771 g/mol. The highest BCUT2D eigenvalue weighted by Crippen LogP contribution is 2.51. The first kappa shape index (κ1) is 35.9. The van der Waals surface area contributed by atoms with Crippen molar-refractivity contribution < 1.29 is 9.13 Å². The molecule has 0 bridgehead atoms. The Bertz CT molecular complexity index is 3160. The Labute approximate surface area is 352 Å². The van der Waals surface area contributed by atoms with E-state index in [1.54, 1.807) is 0 Å². The highest BCUT2D eigenvalue weighted by molar-refractivity contribution is 6.12. The lowest BCUT2D eigenvalue weighted by Gasteiger charge is -2.31. The molecule has 6 aromatic carbocycles. The lowest BCUT2D eigenvalue weighted by atomic mass is 9.75. The van der Waals surface area contributed by atoms with Gasteiger partial charge in [-0.25, -0.2) is 0 Å². The average molecular weight is 772 g/mol. The second-order valence-corrected chi connectivity index (χ2v) is 16.6. The van der Waals surface area contributed by atoms with Crippen LogP contribution in [0, 0.1) is 20.8 Å². The van der Waals surface area contributed by atoms with E-state index in [9.17, 15) is 0 Å². The van der Waals surface area contributed by atoms with Crippen LogP contribution >= 0.6 is 0 Å². The molecule has 60 heavy (non-hydrogen) atoms. The van der Waals surface area contributed by atoms with Crippen LogP contribution in [0.5, 0.6) is 0 Å². The molecule has 3 heteroatoms. The number of allylic oxidation sites excluding steroid dienone is 1. The molecule has 9 aromatic rings. The van der Waals surface area contributed by atoms with Crippen molar-refractivity contribution >= 4 is 10.8 Å². The molecule has 5 heterocycles. The Morgan fingerprint density at radius 3 is 1.85 bits per heavy atom. The van der Waals surface area contributed by atoms with Gasteiger partial charge in [-0.3, -0.25) is 4.98 Å². The molecule has 2 aliphatic heterocycles. The number of pyridine rings is 3. The van der Waals surface area contributed by atoms with Gasteiger partial charge in [0.05, 0.1) is 11.1 Å². The molecule has 0 radical (unpaired) electrons. The van der Waals surface area contributed by atoms with Crippen molar-refractivity contribution in [3.05, 3.63) is 223 Å². The van der Waals surface area contributed by atoms with Crippen LogP contribution in [0.2, 0.25) is 0 Å². The summed E-state index contributed by atoms with van der Waals surface area (Å²) >= 11 is 0. The lowest BCUT2D eigenvalue weighted by Crippen LogP contribution is -2.52. The molecule has 2 aliphatic rings. The van der Waals surface area contributed by atoms with Crippen molar-refractivity contribution in [2.24, 2.45) is 0 Å². The van der Waals surface area contributed by atoms with Gasteiger partial charge in [-0.05, 0) is 94.6 Å². The minimum Gasteiger partial charge on any atom is -0.263 e. The maximum absolute atomic E-state index is 4.95. The van der Waals surface area contributed by atoms with Crippen molar-refractivity contribution in [1.82, 2.24) is 4.98 Å². The third-order valence-electron chi connectivity index (χ3n) is 13.0. The minimum atomic E-state index is 0.0220. The molecule has 11 rings (SSSR count). The van der Waals surface area contributed by atoms with Gasteiger partial charge in [0.2, 0.25) is 11.4 Å². The standard InChI is InChI=1S/C57H45N3/c1-5-52-56-46-19-13-12-18-45(46)53-31-38(4)27-29-60(53)57(56)47-23-21-41(33-49(47)54-32-37(3)26-28-59(52)54)42-24-25-44(43-22-20-36(2)30-48(43)39-14-8-6-9-15-39)51-35-58-34-50(55(42)51)40-16-10-7-11-17-40/h5-35,52,56-57H,1H2,2-4H3/q+2. The summed E-state index contributed by atoms with van der Waals surface area (Å²) in [6, 6.07) is 58.5. The second kappa shape index (κ2) is 14.2. The number of fused-ring (bicyclic) bond motifs is 11. The molecule has 286 valence electrons. The van der Waals surface area contributed by atoms with E-state index in [0.717, 1.165) is 16.5 Å². The Morgan fingerprint density at radius 1 is 0.467 bits per heavy atom.